The second kappa shape index (κ2) is 8.96. The van der Waals surface area contributed by atoms with Crippen molar-refractivity contribution in [3.05, 3.63) is 23.3 Å². The number of carbonyl (C=O) groups excluding carboxylic acids is 2. The third-order valence-electron chi connectivity index (χ3n) is 4.46. The highest BCUT2D eigenvalue weighted by molar-refractivity contribution is 7.98. The van der Waals surface area contributed by atoms with Crippen molar-refractivity contribution in [2.24, 2.45) is 5.92 Å². The third kappa shape index (κ3) is 4.38. The quantitative estimate of drug-likeness (QED) is 0.574. The molecular weight excluding hydrogens is 336 g/mol. The molecule has 0 amide bonds. The molecule has 0 aliphatic heterocycles. The van der Waals surface area contributed by atoms with Crippen molar-refractivity contribution in [2.75, 3.05) is 26.2 Å². The summed E-state index contributed by atoms with van der Waals surface area (Å²) in [4.78, 5) is 25.5. The van der Waals surface area contributed by atoms with Crippen LogP contribution in [-0.2, 0) is 9.59 Å². The Morgan fingerprint density at radius 3 is 2.12 bits per heavy atom. The van der Waals surface area contributed by atoms with Crippen LogP contribution < -0.4 is 9.47 Å². The van der Waals surface area contributed by atoms with Gasteiger partial charge >= 0.3 is 0 Å². The number of ether oxygens (including phenoxy) is 2. The summed E-state index contributed by atoms with van der Waals surface area (Å²) in [7, 11) is 3.06. The van der Waals surface area contributed by atoms with Crippen LogP contribution in [-0.4, -0.2) is 37.8 Å². The van der Waals surface area contributed by atoms with Crippen LogP contribution in [0.15, 0.2) is 12.1 Å². The zero-order chi connectivity index (χ0) is 18.4. The summed E-state index contributed by atoms with van der Waals surface area (Å²) in [6.45, 7) is 1.75. The van der Waals surface area contributed by atoms with E-state index in [9.17, 15) is 9.59 Å². The fourth-order valence-electron chi connectivity index (χ4n) is 3.31. The number of methoxy groups -OCH3 is 2. The number of carbonyl (C=O) groups is 2. The molecule has 4 nitrogen and oxygen atoms in total. The molecule has 1 aromatic rings. The van der Waals surface area contributed by atoms with Gasteiger partial charge in [-0.3, -0.25) is 9.59 Å². The largest absolute Gasteiger partial charge is 0.496 e. The zero-order valence-corrected chi connectivity index (χ0v) is 16.0. The monoisotopic (exact) mass is 360 g/mol. The lowest BCUT2D eigenvalue weighted by atomic mass is 9.75. The molecule has 134 valence electrons. The van der Waals surface area contributed by atoms with Crippen LogP contribution in [0, 0.1) is 17.8 Å². The molecule has 0 bridgehead atoms. The number of hydrogen-bond donors (Lipinski definition) is 0. The molecule has 1 aromatic carbocycles. The van der Waals surface area contributed by atoms with Crippen molar-refractivity contribution in [1.82, 2.24) is 0 Å². The lowest BCUT2D eigenvalue weighted by Crippen LogP contribution is -2.32. The minimum atomic E-state index is -0.806. The first-order valence-electron chi connectivity index (χ1n) is 8.28. The van der Waals surface area contributed by atoms with E-state index in [1.54, 1.807) is 30.8 Å². The molecule has 0 atom stereocenters. The fraction of sp³-hybridized carbons (Fsp3) is 0.500. The maximum atomic E-state index is 12.8. The summed E-state index contributed by atoms with van der Waals surface area (Å²) < 4.78 is 10.9. The molecule has 1 saturated carbocycles. The molecule has 1 aliphatic carbocycles. The second-order valence-electron chi connectivity index (χ2n) is 6.09. The molecule has 1 aliphatic rings. The molecule has 2 rings (SSSR count). The van der Waals surface area contributed by atoms with Gasteiger partial charge in [-0.05, 0) is 43.4 Å². The van der Waals surface area contributed by atoms with Crippen LogP contribution >= 0.6 is 11.8 Å². The zero-order valence-electron chi connectivity index (χ0n) is 15.2. The van der Waals surface area contributed by atoms with E-state index in [1.165, 1.54) is 14.2 Å². The Morgan fingerprint density at radius 2 is 1.68 bits per heavy atom. The summed E-state index contributed by atoms with van der Waals surface area (Å²) in [6, 6.07) is 3.52. The van der Waals surface area contributed by atoms with Gasteiger partial charge in [-0.2, -0.15) is 11.8 Å². The van der Waals surface area contributed by atoms with Gasteiger partial charge < -0.3 is 9.47 Å². The molecule has 1 fully saturated rings. The number of benzene rings is 1. The van der Waals surface area contributed by atoms with Gasteiger partial charge in [-0.25, -0.2) is 0 Å². The van der Waals surface area contributed by atoms with Gasteiger partial charge in [0.15, 0.2) is 0 Å². The summed E-state index contributed by atoms with van der Waals surface area (Å²) in [6.07, 6.45) is 3.79. The molecule has 25 heavy (non-hydrogen) atoms. The van der Waals surface area contributed by atoms with E-state index in [1.807, 2.05) is 6.26 Å². The van der Waals surface area contributed by atoms with Gasteiger partial charge in [-0.1, -0.05) is 5.92 Å². The highest BCUT2D eigenvalue weighted by atomic mass is 32.2. The van der Waals surface area contributed by atoms with Crippen molar-refractivity contribution in [3.8, 4) is 23.3 Å². The predicted molar refractivity (Wildman–Crippen MR) is 101 cm³/mol. The Bertz CT molecular complexity index is 671. The first-order chi connectivity index (χ1) is 12.0. The number of hydrogen-bond acceptors (Lipinski definition) is 5. The van der Waals surface area contributed by atoms with Gasteiger partial charge in [0, 0.05) is 18.4 Å². The van der Waals surface area contributed by atoms with E-state index in [0.29, 0.717) is 29.9 Å². The molecule has 0 N–H and O–H groups in total. The number of Topliss-reactive ketones (excluding diaryl/α,β-unsaturated/α-hetero) is 2. The van der Waals surface area contributed by atoms with Gasteiger partial charge in [-0.15, -0.1) is 5.92 Å². The van der Waals surface area contributed by atoms with Gasteiger partial charge in [0.25, 0.3) is 0 Å². The van der Waals surface area contributed by atoms with Crippen molar-refractivity contribution in [1.29, 1.82) is 0 Å². The summed E-state index contributed by atoms with van der Waals surface area (Å²) in [5, 5.41) is 0. The number of rotatable bonds is 6. The molecule has 0 unspecified atom stereocenters. The van der Waals surface area contributed by atoms with E-state index in [-0.39, 0.29) is 17.5 Å². The van der Waals surface area contributed by atoms with Crippen LogP contribution in [0.1, 0.15) is 43.2 Å². The van der Waals surface area contributed by atoms with Crippen molar-refractivity contribution < 1.29 is 19.1 Å². The standard InChI is InChI=1S/C20H24O4S/c1-5-6-13-11-17(23-2)20(18(12-13)24-3)19-15(21)9-14(7-8-25-4)10-16(19)22/h11-12,14,19H,7-10H2,1-4H3. The molecule has 5 heteroatoms. The minimum Gasteiger partial charge on any atom is -0.496 e. The Hall–Kier alpha value is -1.93. The van der Waals surface area contributed by atoms with Crippen LogP contribution in [0.3, 0.4) is 0 Å². The molecular formula is C20H24O4S. The van der Waals surface area contributed by atoms with Crippen molar-refractivity contribution in [2.45, 2.75) is 32.1 Å². The maximum absolute atomic E-state index is 12.8. The Labute approximate surface area is 153 Å². The Balaban J connectivity index is 2.41. The van der Waals surface area contributed by atoms with E-state index < -0.39 is 5.92 Å². The first kappa shape index (κ1) is 19.4. The average Bonchev–Trinajstić information content (AvgIpc) is 2.60. The Kier molecular flexibility index (Phi) is 6.95. The lowest BCUT2D eigenvalue weighted by Gasteiger charge is -2.28. The maximum Gasteiger partial charge on any atom is 0.148 e. The molecule has 0 aromatic heterocycles. The van der Waals surface area contributed by atoms with Gasteiger partial charge in [0.2, 0.25) is 0 Å². The van der Waals surface area contributed by atoms with E-state index in [4.69, 9.17) is 9.47 Å². The SMILES string of the molecule is CC#Cc1cc(OC)c(C2C(=O)CC(CCSC)CC2=O)c(OC)c1. The van der Waals surface area contributed by atoms with E-state index >= 15 is 0 Å². The molecule has 0 spiro atoms. The van der Waals surface area contributed by atoms with Gasteiger partial charge in [0.05, 0.1) is 19.8 Å². The van der Waals surface area contributed by atoms with Crippen molar-refractivity contribution in [3.63, 3.8) is 0 Å². The predicted octanol–water partition coefficient (Wildman–Crippen LogP) is 3.46. The Morgan fingerprint density at radius 1 is 1.12 bits per heavy atom. The fourth-order valence-corrected chi connectivity index (χ4v) is 3.88. The summed E-state index contributed by atoms with van der Waals surface area (Å²) in [5.74, 6) is 6.95. The topological polar surface area (TPSA) is 52.6 Å². The highest BCUT2D eigenvalue weighted by Crippen LogP contribution is 2.42. The van der Waals surface area contributed by atoms with Crippen molar-refractivity contribution >= 4 is 23.3 Å². The first-order valence-corrected chi connectivity index (χ1v) is 9.68. The molecule has 0 saturated heterocycles. The average molecular weight is 360 g/mol. The summed E-state index contributed by atoms with van der Waals surface area (Å²) >= 11 is 1.74. The molecule has 0 heterocycles. The van der Waals surface area contributed by atoms with Crippen LogP contribution in [0.4, 0.5) is 0 Å². The smallest absolute Gasteiger partial charge is 0.148 e. The number of thioether (sulfide) groups is 1. The third-order valence-corrected chi connectivity index (χ3v) is 5.10. The van der Waals surface area contributed by atoms with E-state index in [0.717, 1.165) is 17.7 Å². The minimum absolute atomic E-state index is 0.0479. The molecule has 0 radical (unpaired) electrons. The van der Waals surface area contributed by atoms with E-state index in [2.05, 4.69) is 11.8 Å². The highest BCUT2D eigenvalue weighted by Gasteiger charge is 2.39. The summed E-state index contributed by atoms with van der Waals surface area (Å²) in [5.41, 5.74) is 1.26. The normalized spacial score (nSPS) is 20.0. The van der Waals surface area contributed by atoms with Crippen LogP contribution in [0.25, 0.3) is 0 Å². The van der Waals surface area contributed by atoms with Crippen LogP contribution in [0.2, 0.25) is 0 Å². The van der Waals surface area contributed by atoms with Crippen LogP contribution in [0.5, 0.6) is 11.5 Å². The lowest BCUT2D eigenvalue weighted by molar-refractivity contribution is -0.133. The van der Waals surface area contributed by atoms with Gasteiger partial charge in [0.1, 0.15) is 29.0 Å². The second-order valence-corrected chi connectivity index (χ2v) is 7.08. The number of ketones is 2.